The first-order chi connectivity index (χ1) is 11.0. The molecule has 0 radical (unpaired) electrons. The number of nitrogens with zero attached hydrogens (tertiary/aromatic N) is 2. The van der Waals surface area contributed by atoms with Crippen molar-refractivity contribution in [3.05, 3.63) is 48.0 Å². The number of amides is 1. The second kappa shape index (κ2) is 8.26. The zero-order valence-corrected chi connectivity index (χ0v) is 12.8. The van der Waals surface area contributed by atoms with Gasteiger partial charge in [-0.15, -0.1) is 0 Å². The highest BCUT2D eigenvalue weighted by Crippen LogP contribution is 2.17. The van der Waals surface area contributed by atoms with Gasteiger partial charge in [-0.25, -0.2) is 4.98 Å². The van der Waals surface area contributed by atoms with Crippen molar-refractivity contribution < 1.29 is 18.3 Å². The summed E-state index contributed by atoms with van der Waals surface area (Å²) in [6.45, 7) is -2.25. The van der Waals surface area contributed by atoms with Crippen molar-refractivity contribution in [1.29, 1.82) is 0 Å². The highest BCUT2D eigenvalue weighted by atomic mass is 19.3. The number of likely N-dealkylation sites (N-methyl/N-ethyl adjacent to an activating group) is 1. The van der Waals surface area contributed by atoms with Crippen molar-refractivity contribution in [3.8, 4) is 5.75 Å². The van der Waals surface area contributed by atoms with E-state index in [2.05, 4.69) is 14.7 Å². The van der Waals surface area contributed by atoms with Crippen molar-refractivity contribution in [1.82, 2.24) is 14.9 Å². The lowest BCUT2D eigenvalue weighted by atomic mass is 10.1. The molecule has 0 bridgehead atoms. The normalized spacial score (nSPS) is 10.8. The molecular weight excluding hydrogens is 304 g/mol. The summed E-state index contributed by atoms with van der Waals surface area (Å²) in [6, 6.07) is 6.42. The van der Waals surface area contributed by atoms with Gasteiger partial charge in [0.2, 0.25) is 5.91 Å². The molecule has 124 valence electrons. The first-order valence-corrected chi connectivity index (χ1v) is 7.29. The summed E-state index contributed by atoms with van der Waals surface area (Å²) in [5, 5.41) is 0. The number of aryl methyl sites for hydroxylation is 1. The van der Waals surface area contributed by atoms with Crippen LogP contribution in [0.4, 0.5) is 8.78 Å². The van der Waals surface area contributed by atoms with Crippen LogP contribution in [0, 0.1) is 0 Å². The summed E-state index contributed by atoms with van der Waals surface area (Å²) in [7, 11) is 1.75. The minimum Gasteiger partial charge on any atom is -0.435 e. The Morgan fingerprint density at radius 1 is 1.39 bits per heavy atom. The minimum atomic E-state index is -2.85. The van der Waals surface area contributed by atoms with Crippen LogP contribution in [-0.2, 0) is 17.6 Å². The Morgan fingerprint density at radius 2 is 2.22 bits per heavy atom. The van der Waals surface area contributed by atoms with Crippen LogP contribution in [0.25, 0.3) is 0 Å². The van der Waals surface area contributed by atoms with Crippen molar-refractivity contribution in [2.45, 2.75) is 25.9 Å². The molecule has 1 amide bonds. The zero-order chi connectivity index (χ0) is 16.7. The topological polar surface area (TPSA) is 58.2 Å². The second-order valence-corrected chi connectivity index (χ2v) is 5.17. The number of ether oxygens (including phenoxy) is 1. The molecule has 2 rings (SSSR count). The molecule has 2 aromatic rings. The number of benzene rings is 1. The second-order valence-electron chi connectivity index (χ2n) is 5.17. The quantitative estimate of drug-likeness (QED) is 0.812. The molecule has 0 saturated heterocycles. The molecular formula is C16H19F2N3O2. The number of aromatic amines is 1. The molecule has 1 aromatic heterocycles. The fourth-order valence-corrected chi connectivity index (χ4v) is 2.15. The van der Waals surface area contributed by atoms with E-state index in [9.17, 15) is 13.6 Å². The van der Waals surface area contributed by atoms with E-state index in [4.69, 9.17) is 0 Å². The number of aromatic nitrogens is 2. The molecule has 0 unspecified atom stereocenters. The third-order valence-electron chi connectivity index (χ3n) is 3.45. The SMILES string of the molecule is CN(CCc1cnc[nH]1)C(=O)CCc1cccc(OC(F)F)c1. The van der Waals surface area contributed by atoms with E-state index in [1.54, 1.807) is 36.6 Å². The summed E-state index contributed by atoms with van der Waals surface area (Å²) >= 11 is 0. The Kier molecular flexibility index (Phi) is 6.08. The van der Waals surface area contributed by atoms with Gasteiger partial charge in [0.1, 0.15) is 5.75 Å². The van der Waals surface area contributed by atoms with Gasteiger partial charge < -0.3 is 14.6 Å². The Bertz CT molecular complexity index is 618. The molecule has 0 aliphatic heterocycles. The van der Waals surface area contributed by atoms with Gasteiger partial charge in [-0.3, -0.25) is 4.79 Å². The number of H-pyrrole nitrogens is 1. The van der Waals surface area contributed by atoms with E-state index in [0.29, 0.717) is 25.8 Å². The molecule has 1 N–H and O–H groups in total. The number of alkyl halides is 2. The van der Waals surface area contributed by atoms with Gasteiger partial charge in [-0.2, -0.15) is 8.78 Å². The van der Waals surface area contributed by atoms with E-state index in [0.717, 1.165) is 11.3 Å². The summed E-state index contributed by atoms with van der Waals surface area (Å²) in [6.07, 6.45) is 4.84. The Labute approximate surface area is 133 Å². The number of imidazole rings is 1. The molecule has 0 spiro atoms. The van der Waals surface area contributed by atoms with Gasteiger partial charge >= 0.3 is 6.61 Å². The first-order valence-electron chi connectivity index (χ1n) is 7.29. The van der Waals surface area contributed by atoms with Crippen LogP contribution >= 0.6 is 0 Å². The average molecular weight is 323 g/mol. The maximum atomic E-state index is 12.2. The zero-order valence-electron chi connectivity index (χ0n) is 12.8. The Hall–Kier alpha value is -2.44. The first kappa shape index (κ1) is 16.9. The maximum Gasteiger partial charge on any atom is 0.387 e. The molecule has 5 nitrogen and oxygen atoms in total. The fraction of sp³-hybridized carbons (Fsp3) is 0.375. The Balaban J connectivity index is 1.79. The third-order valence-corrected chi connectivity index (χ3v) is 3.45. The van der Waals surface area contributed by atoms with Crippen LogP contribution in [0.15, 0.2) is 36.8 Å². The average Bonchev–Trinajstić information content (AvgIpc) is 3.03. The predicted molar refractivity (Wildman–Crippen MR) is 81.3 cm³/mol. The summed E-state index contributed by atoms with van der Waals surface area (Å²) < 4.78 is 28.7. The lowest BCUT2D eigenvalue weighted by molar-refractivity contribution is -0.129. The van der Waals surface area contributed by atoms with E-state index in [1.165, 1.54) is 12.1 Å². The van der Waals surface area contributed by atoms with E-state index in [-0.39, 0.29) is 11.7 Å². The molecule has 1 aromatic carbocycles. The highest BCUT2D eigenvalue weighted by Gasteiger charge is 2.10. The summed E-state index contributed by atoms with van der Waals surface area (Å²) in [5.74, 6) is 0.113. The third kappa shape index (κ3) is 5.69. The van der Waals surface area contributed by atoms with Gasteiger partial charge in [0.05, 0.1) is 6.33 Å². The number of halogens is 2. The number of nitrogens with one attached hydrogen (secondary N) is 1. The molecule has 0 atom stereocenters. The summed E-state index contributed by atoms with van der Waals surface area (Å²) in [4.78, 5) is 20.7. The standard InChI is InChI=1S/C16H19F2N3O2/c1-21(8-7-13-10-19-11-20-13)15(22)6-5-12-3-2-4-14(9-12)23-16(17)18/h2-4,9-11,16H,5-8H2,1H3,(H,19,20). The van der Waals surface area contributed by atoms with Crippen molar-refractivity contribution in [3.63, 3.8) is 0 Å². The lowest BCUT2D eigenvalue weighted by Crippen LogP contribution is -2.29. The number of hydrogen-bond acceptors (Lipinski definition) is 3. The largest absolute Gasteiger partial charge is 0.435 e. The van der Waals surface area contributed by atoms with E-state index < -0.39 is 6.61 Å². The molecule has 23 heavy (non-hydrogen) atoms. The fourth-order valence-electron chi connectivity index (χ4n) is 2.15. The summed E-state index contributed by atoms with van der Waals surface area (Å²) in [5.41, 5.74) is 1.76. The predicted octanol–water partition coefficient (Wildman–Crippen LogP) is 2.64. The molecule has 7 heteroatoms. The highest BCUT2D eigenvalue weighted by molar-refractivity contribution is 5.76. The van der Waals surface area contributed by atoms with Gasteiger partial charge in [0, 0.05) is 38.3 Å². The van der Waals surface area contributed by atoms with Crippen LogP contribution in [0.3, 0.4) is 0 Å². The number of hydrogen-bond donors (Lipinski definition) is 1. The molecule has 0 fully saturated rings. The van der Waals surface area contributed by atoms with Crippen molar-refractivity contribution in [2.75, 3.05) is 13.6 Å². The van der Waals surface area contributed by atoms with E-state index in [1.807, 2.05) is 0 Å². The van der Waals surface area contributed by atoms with Gasteiger partial charge in [-0.1, -0.05) is 12.1 Å². The minimum absolute atomic E-state index is 0.00435. The smallest absolute Gasteiger partial charge is 0.387 e. The molecule has 0 saturated carbocycles. The maximum absolute atomic E-state index is 12.2. The van der Waals surface area contributed by atoms with Gasteiger partial charge in [-0.05, 0) is 24.1 Å². The van der Waals surface area contributed by atoms with E-state index >= 15 is 0 Å². The van der Waals surface area contributed by atoms with Crippen LogP contribution < -0.4 is 4.74 Å². The lowest BCUT2D eigenvalue weighted by Gasteiger charge is -2.16. The van der Waals surface area contributed by atoms with Crippen LogP contribution in [0.5, 0.6) is 5.75 Å². The van der Waals surface area contributed by atoms with Crippen LogP contribution in [-0.4, -0.2) is 41.0 Å². The van der Waals surface area contributed by atoms with Crippen LogP contribution in [0.1, 0.15) is 17.7 Å². The van der Waals surface area contributed by atoms with Crippen molar-refractivity contribution in [2.24, 2.45) is 0 Å². The number of carbonyl (C=O) groups excluding carboxylic acids is 1. The Morgan fingerprint density at radius 3 is 2.91 bits per heavy atom. The van der Waals surface area contributed by atoms with Gasteiger partial charge in [0.15, 0.2) is 0 Å². The molecule has 1 heterocycles. The number of rotatable bonds is 8. The van der Waals surface area contributed by atoms with Gasteiger partial charge in [0.25, 0.3) is 0 Å². The monoisotopic (exact) mass is 323 g/mol. The molecule has 0 aliphatic rings. The van der Waals surface area contributed by atoms with Crippen molar-refractivity contribution >= 4 is 5.91 Å². The van der Waals surface area contributed by atoms with Crippen LogP contribution in [0.2, 0.25) is 0 Å². The number of carbonyl (C=O) groups is 1. The molecule has 0 aliphatic carbocycles.